The fraction of sp³-hybridized carbons (Fsp3) is 0.647. The quantitative estimate of drug-likeness (QED) is 0.771. The molecular weight excluding hydrogens is 320 g/mol. The molecule has 2 aromatic rings. The molecule has 1 fully saturated rings. The van der Waals surface area contributed by atoms with Crippen molar-refractivity contribution < 1.29 is 9.32 Å². The van der Waals surface area contributed by atoms with E-state index in [1.54, 1.807) is 18.2 Å². The van der Waals surface area contributed by atoms with Gasteiger partial charge in [0.1, 0.15) is 0 Å². The van der Waals surface area contributed by atoms with Crippen molar-refractivity contribution in [1.29, 1.82) is 0 Å². The first-order chi connectivity index (χ1) is 12.0. The minimum atomic E-state index is -0.0631. The summed E-state index contributed by atoms with van der Waals surface area (Å²) in [6, 6.07) is 0. The molecule has 3 heterocycles. The van der Waals surface area contributed by atoms with Gasteiger partial charge in [-0.05, 0) is 6.54 Å². The lowest BCUT2D eigenvalue weighted by Crippen LogP contribution is -2.37. The molecule has 2 aromatic heterocycles. The van der Waals surface area contributed by atoms with Crippen LogP contribution >= 0.6 is 0 Å². The molecule has 1 aliphatic heterocycles. The van der Waals surface area contributed by atoms with E-state index in [1.807, 2.05) is 24.9 Å². The van der Waals surface area contributed by atoms with Crippen molar-refractivity contribution in [3.63, 3.8) is 0 Å². The molecule has 8 nitrogen and oxygen atoms in total. The number of hydrogen-bond donors (Lipinski definition) is 0. The largest absolute Gasteiger partial charge is 0.345 e. The number of nitrogens with zero attached hydrogens (tertiary/aromatic N) is 6. The molecule has 0 aliphatic carbocycles. The zero-order valence-electron chi connectivity index (χ0n) is 15.3. The van der Waals surface area contributed by atoms with Gasteiger partial charge in [0.2, 0.25) is 11.8 Å². The highest BCUT2D eigenvalue weighted by molar-refractivity contribution is 5.80. The summed E-state index contributed by atoms with van der Waals surface area (Å²) >= 11 is 0. The Morgan fingerprint density at radius 1 is 1.44 bits per heavy atom. The predicted molar refractivity (Wildman–Crippen MR) is 91.9 cm³/mol. The Hall–Kier alpha value is -2.22. The van der Waals surface area contributed by atoms with E-state index in [0.717, 1.165) is 25.3 Å². The van der Waals surface area contributed by atoms with Gasteiger partial charge in [0.15, 0.2) is 5.82 Å². The third-order valence-corrected chi connectivity index (χ3v) is 4.88. The highest BCUT2D eigenvalue weighted by Gasteiger charge is 2.40. The number of hydrogen-bond acceptors (Lipinski definition) is 6. The zero-order chi connectivity index (χ0) is 18.0. The first kappa shape index (κ1) is 17.6. The van der Waals surface area contributed by atoms with Gasteiger partial charge >= 0.3 is 0 Å². The summed E-state index contributed by atoms with van der Waals surface area (Å²) in [5, 5.41) is 3.89. The molecule has 136 valence electrons. The summed E-state index contributed by atoms with van der Waals surface area (Å²) in [5.41, 5.74) is 0.999. The van der Waals surface area contributed by atoms with Crippen LogP contribution in [0.4, 0.5) is 0 Å². The summed E-state index contributed by atoms with van der Waals surface area (Å²) in [6.45, 7) is 7.07. The predicted octanol–water partition coefficient (Wildman–Crippen LogP) is 0.848. The van der Waals surface area contributed by atoms with E-state index in [0.29, 0.717) is 24.7 Å². The Morgan fingerprint density at radius 3 is 2.84 bits per heavy atom. The van der Waals surface area contributed by atoms with Crippen LogP contribution in [0.3, 0.4) is 0 Å². The molecule has 8 heteroatoms. The van der Waals surface area contributed by atoms with Crippen LogP contribution < -0.4 is 0 Å². The topological polar surface area (TPSA) is 80.3 Å². The maximum Gasteiger partial charge on any atom is 0.227 e. The number of rotatable bonds is 6. The summed E-state index contributed by atoms with van der Waals surface area (Å²) in [6.07, 6.45) is 4.41. The van der Waals surface area contributed by atoms with Crippen molar-refractivity contribution in [3.05, 3.63) is 29.9 Å². The Morgan fingerprint density at radius 2 is 2.24 bits per heavy atom. The number of likely N-dealkylation sites (tertiary alicyclic amines) is 1. The smallest absolute Gasteiger partial charge is 0.227 e. The highest BCUT2D eigenvalue weighted by Crippen LogP contribution is 2.32. The normalized spacial score (nSPS) is 21.0. The van der Waals surface area contributed by atoms with Gasteiger partial charge in [0.05, 0.1) is 17.9 Å². The first-order valence-corrected chi connectivity index (χ1v) is 8.72. The van der Waals surface area contributed by atoms with Crippen molar-refractivity contribution in [2.45, 2.75) is 26.2 Å². The molecule has 0 bridgehead atoms. The molecule has 0 aromatic carbocycles. The molecule has 1 amide bonds. The van der Waals surface area contributed by atoms with Crippen LogP contribution in [0.15, 0.2) is 17.0 Å². The molecule has 3 rings (SSSR count). The van der Waals surface area contributed by atoms with Crippen LogP contribution in [-0.4, -0.2) is 68.6 Å². The molecule has 1 saturated heterocycles. The lowest BCUT2D eigenvalue weighted by molar-refractivity contribution is -0.134. The average molecular weight is 346 g/mol. The Bertz CT molecular complexity index is 724. The van der Waals surface area contributed by atoms with Gasteiger partial charge < -0.3 is 18.9 Å². The molecule has 0 saturated carbocycles. The van der Waals surface area contributed by atoms with Crippen molar-refractivity contribution in [1.82, 2.24) is 29.5 Å². The van der Waals surface area contributed by atoms with Crippen molar-refractivity contribution in [3.8, 4) is 0 Å². The van der Waals surface area contributed by atoms with Gasteiger partial charge in [0.25, 0.3) is 0 Å². The number of aromatic nitrogens is 4. The summed E-state index contributed by atoms with van der Waals surface area (Å²) in [4.78, 5) is 25.8. The van der Waals surface area contributed by atoms with Gasteiger partial charge in [-0.2, -0.15) is 4.98 Å². The molecule has 0 radical (unpaired) electrons. The standard InChI is InChI=1S/C17H26N6O2/c1-5-23-8-13(15-10-21(3)11-18-15)14(9-23)17(24)22(4)7-6-16-19-12(2)25-20-16/h10-11,13-14H,5-9H2,1-4H3/t13-,14-/m1/s1. The monoisotopic (exact) mass is 346 g/mol. The van der Waals surface area contributed by atoms with Crippen LogP contribution in [0.5, 0.6) is 0 Å². The lowest BCUT2D eigenvalue weighted by atomic mass is 9.92. The number of likely N-dealkylation sites (N-methyl/N-ethyl adjacent to an activating group) is 2. The third-order valence-electron chi connectivity index (χ3n) is 4.88. The van der Waals surface area contributed by atoms with Crippen LogP contribution in [0.2, 0.25) is 0 Å². The highest BCUT2D eigenvalue weighted by atomic mass is 16.5. The van der Waals surface area contributed by atoms with Crippen molar-refractivity contribution in [2.75, 3.05) is 33.2 Å². The number of carbonyl (C=O) groups excluding carboxylic acids is 1. The Labute approximate surface area is 147 Å². The van der Waals surface area contributed by atoms with Crippen LogP contribution in [0.25, 0.3) is 0 Å². The van der Waals surface area contributed by atoms with E-state index in [9.17, 15) is 4.79 Å². The fourth-order valence-electron chi connectivity index (χ4n) is 3.42. The SMILES string of the molecule is CCN1C[C@@H](C(=O)N(C)CCc2noc(C)n2)[C@H](c2cn(C)cn2)C1. The fourth-order valence-corrected chi connectivity index (χ4v) is 3.42. The van der Waals surface area contributed by atoms with Crippen LogP contribution in [-0.2, 0) is 18.3 Å². The van der Waals surface area contributed by atoms with Crippen LogP contribution in [0, 0.1) is 12.8 Å². The zero-order valence-corrected chi connectivity index (χ0v) is 15.3. The minimum absolute atomic E-state index is 0.0631. The van der Waals surface area contributed by atoms with E-state index in [2.05, 4.69) is 26.9 Å². The third kappa shape index (κ3) is 3.89. The van der Waals surface area contributed by atoms with Crippen molar-refractivity contribution >= 4 is 5.91 Å². The summed E-state index contributed by atoms with van der Waals surface area (Å²) < 4.78 is 6.92. The van der Waals surface area contributed by atoms with E-state index in [1.165, 1.54) is 0 Å². The molecule has 0 N–H and O–H groups in total. The second-order valence-electron chi connectivity index (χ2n) is 6.77. The summed E-state index contributed by atoms with van der Waals surface area (Å²) in [5.74, 6) is 1.43. The Balaban J connectivity index is 1.67. The van der Waals surface area contributed by atoms with E-state index in [4.69, 9.17) is 4.52 Å². The molecular formula is C17H26N6O2. The molecule has 2 atom stereocenters. The van der Waals surface area contributed by atoms with Crippen molar-refractivity contribution in [2.24, 2.45) is 13.0 Å². The molecule has 0 spiro atoms. The first-order valence-electron chi connectivity index (χ1n) is 8.72. The van der Waals surface area contributed by atoms with Gasteiger partial charge in [-0.1, -0.05) is 12.1 Å². The number of imidazole rings is 1. The minimum Gasteiger partial charge on any atom is -0.345 e. The van der Waals surface area contributed by atoms with Gasteiger partial charge in [0, 0.05) is 59.2 Å². The molecule has 25 heavy (non-hydrogen) atoms. The van der Waals surface area contributed by atoms with Gasteiger partial charge in [-0.25, -0.2) is 4.98 Å². The lowest BCUT2D eigenvalue weighted by Gasteiger charge is -2.23. The molecule has 0 unspecified atom stereocenters. The second-order valence-corrected chi connectivity index (χ2v) is 6.77. The average Bonchev–Trinajstić information content (AvgIpc) is 3.31. The van der Waals surface area contributed by atoms with Gasteiger partial charge in [-0.15, -0.1) is 0 Å². The number of aryl methyl sites for hydroxylation is 2. The van der Waals surface area contributed by atoms with E-state index < -0.39 is 0 Å². The Kier molecular flexibility index (Phi) is 5.17. The number of amides is 1. The van der Waals surface area contributed by atoms with Crippen LogP contribution in [0.1, 0.15) is 30.3 Å². The number of carbonyl (C=O) groups is 1. The van der Waals surface area contributed by atoms with Gasteiger partial charge in [-0.3, -0.25) is 4.79 Å². The van der Waals surface area contributed by atoms with E-state index in [-0.39, 0.29) is 17.7 Å². The maximum atomic E-state index is 13.0. The summed E-state index contributed by atoms with van der Waals surface area (Å²) in [7, 11) is 3.80. The maximum absolute atomic E-state index is 13.0. The van der Waals surface area contributed by atoms with E-state index >= 15 is 0 Å². The second kappa shape index (κ2) is 7.35. The molecule has 1 aliphatic rings.